The van der Waals surface area contributed by atoms with E-state index in [9.17, 15) is 0 Å². The van der Waals surface area contributed by atoms with E-state index in [1.165, 1.54) is 104 Å². The van der Waals surface area contributed by atoms with Gasteiger partial charge in [0.15, 0.2) is 0 Å². The van der Waals surface area contributed by atoms with E-state index < -0.39 is 0 Å². The molecule has 0 atom stereocenters. The van der Waals surface area contributed by atoms with Gasteiger partial charge in [-0.05, 0) is 56.4 Å². The van der Waals surface area contributed by atoms with Crippen molar-refractivity contribution in [3.8, 4) is 0 Å². The van der Waals surface area contributed by atoms with Gasteiger partial charge in [0, 0.05) is 28.4 Å². The molecule has 0 aliphatic heterocycles. The Morgan fingerprint density at radius 3 is 2.03 bits per heavy atom. The van der Waals surface area contributed by atoms with Crippen molar-refractivity contribution >= 4 is 21.8 Å². The van der Waals surface area contributed by atoms with Gasteiger partial charge in [-0.15, -0.1) is 6.58 Å². The number of hydrogen-bond acceptors (Lipinski definition) is 0. The monoisotopic (exact) mass is 389 g/mol. The molecular weight excluding hydrogens is 350 g/mol. The summed E-state index contributed by atoms with van der Waals surface area (Å²) >= 11 is 0. The summed E-state index contributed by atoms with van der Waals surface area (Å²) in [5, 5.41) is 2.82. The molecule has 0 spiro atoms. The molecule has 1 nitrogen and oxygen atoms in total. The number of para-hydroxylation sites is 1. The molecule has 3 aromatic rings. The van der Waals surface area contributed by atoms with Gasteiger partial charge in [0.25, 0.3) is 0 Å². The first-order valence-electron chi connectivity index (χ1n) is 12.0. The number of benzene rings is 2. The molecule has 156 valence electrons. The fourth-order valence-electron chi connectivity index (χ4n) is 4.63. The van der Waals surface area contributed by atoms with Crippen molar-refractivity contribution in [1.82, 2.24) is 4.57 Å². The molecule has 3 rings (SSSR count). The fourth-order valence-corrected chi connectivity index (χ4v) is 4.63. The van der Waals surface area contributed by atoms with Crippen molar-refractivity contribution < 1.29 is 0 Å². The quantitative estimate of drug-likeness (QED) is 0.192. The van der Waals surface area contributed by atoms with Crippen molar-refractivity contribution in [3.05, 3.63) is 60.7 Å². The second-order valence-corrected chi connectivity index (χ2v) is 8.48. The lowest BCUT2D eigenvalue weighted by Gasteiger charge is -2.05. The van der Waals surface area contributed by atoms with E-state index in [4.69, 9.17) is 0 Å². The van der Waals surface area contributed by atoms with Gasteiger partial charge in [0.2, 0.25) is 0 Å². The molecule has 1 heterocycles. The first-order chi connectivity index (χ1) is 14.3. The molecule has 29 heavy (non-hydrogen) atoms. The second-order valence-electron chi connectivity index (χ2n) is 8.48. The highest BCUT2D eigenvalue weighted by atomic mass is 15.0. The number of aryl methyl sites for hydroxylation is 2. The molecule has 0 N–H and O–H groups in total. The zero-order valence-corrected chi connectivity index (χ0v) is 18.5. The molecule has 0 unspecified atom stereocenters. The van der Waals surface area contributed by atoms with E-state index in [-0.39, 0.29) is 0 Å². The van der Waals surface area contributed by atoms with Crippen molar-refractivity contribution in [2.45, 2.75) is 90.5 Å². The maximum atomic E-state index is 3.79. The van der Waals surface area contributed by atoms with Crippen LogP contribution < -0.4 is 0 Å². The summed E-state index contributed by atoms with van der Waals surface area (Å²) in [5.41, 5.74) is 4.24. The highest BCUT2D eigenvalue weighted by Gasteiger charge is 2.09. The van der Waals surface area contributed by atoms with Gasteiger partial charge < -0.3 is 4.57 Å². The first-order valence-corrected chi connectivity index (χ1v) is 12.0. The Hall–Kier alpha value is -2.02. The number of rotatable bonds is 14. The lowest BCUT2D eigenvalue weighted by atomic mass is 10.0. The SMILES string of the molecule is C=CCCCCCCCCCCCCc1ccc2c(c1)c1ccccc1n2CC. The molecular formula is C28H39N. The topological polar surface area (TPSA) is 4.93 Å². The molecule has 1 heteroatoms. The smallest absolute Gasteiger partial charge is 0.0491 e. The van der Waals surface area contributed by atoms with Gasteiger partial charge in [0.05, 0.1) is 0 Å². The summed E-state index contributed by atoms with van der Waals surface area (Å²) in [6.07, 6.45) is 18.3. The zero-order chi connectivity index (χ0) is 20.3. The first kappa shape index (κ1) is 21.7. The summed E-state index contributed by atoms with van der Waals surface area (Å²) in [6, 6.07) is 16.0. The summed E-state index contributed by atoms with van der Waals surface area (Å²) < 4.78 is 2.44. The van der Waals surface area contributed by atoms with Crippen LogP contribution in [-0.4, -0.2) is 4.57 Å². The lowest BCUT2D eigenvalue weighted by molar-refractivity contribution is 0.552. The van der Waals surface area contributed by atoms with Crippen LogP contribution in [0.1, 0.15) is 83.1 Å². The largest absolute Gasteiger partial charge is 0.341 e. The van der Waals surface area contributed by atoms with Crippen LogP contribution in [0.5, 0.6) is 0 Å². The maximum absolute atomic E-state index is 3.79. The minimum atomic E-state index is 1.03. The molecule has 0 aliphatic carbocycles. The lowest BCUT2D eigenvalue weighted by Crippen LogP contribution is -1.93. The third-order valence-corrected chi connectivity index (χ3v) is 6.28. The highest BCUT2D eigenvalue weighted by Crippen LogP contribution is 2.30. The number of aromatic nitrogens is 1. The Bertz CT molecular complexity index is 886. The summed E-state index contributed by atoms with van der Waals surface area (Å²) in [6.45, 7) is 7.06. The van der Waals surface area contributed by atoms with E-state index in [0.717, 1.165) is 6.54 Å². The van der Waals surface area contributed by atoms with Gasteiger partial charge >= 0.3 is 0 Å². The van der Waals surface area contributed by atoms with Crippen LogP contribution in [0.25, 0.3) is 21.8 Å². The predicted octanol–water partition coefficient (Wildman–Crippen LogP) is 8.83. The van der Waals surface area contributed by atoms with Crippen molar-refractivity contribution in [1.29, 1.82) is 0 Å². The Morgan fingerprint density at radius 1 is 0.724 bits per heavy atom. The highest BCUT2D eigenvalue weighted by molar-refractivity contribution is 6.08. The van der Waals surface area contributed by atoms with Crippen LogP contribution in [-0.2, 0) is 13.0 Å². The molecule has 0 saturated heterocycles. The number of allylic oxidation sites excluding steroid dienone is 1. The summed E-state index contributed by atoms with van der Waals surface area (Å²) in [5.74, 6) is 0. The number of nitrogens with zero attached hydrogens (tertiary/aromatic N) is 1. The van der Waals surface area contributed by atoms with Crippen LogP contribution in [0.4, 0.5) is 0 Å². The molecule has 0 radical (unpaired) electrons. The zero-order valence-electron chi connectivity index (χ0n) is 18.5. The van der Waals surface area contributed by atoms with Gasteiger partial charge in [-0.25, -0.2) is 0 Å². The van der Waals surface area contributed by atoms with E-state index in [2.05, 4.69) is 60.5 Å². The van der Waals surface area contributed by atoms with Gasteiger partial charge in [0.1, 0.15) is 0 Å². The molecule has 0 amide bonds. The Kier molecular flexibility index (Phi) is 8.86. The van der Waals surface area contributed by atoms with Gasteiger partial charge in [-0.2, -0.15) is 0 Å². The number of fused-ring (bicyclic) bond motifs is 3. The Morgan fingerprint density at radius 2 is 1.34 bits per heavy atom. The number of hydrogen-bond donors (Lipinski definition) is 0. The molecule has 0 fully saturated rings. The van der Waals surface area contributed by atoms with Gasteiger partial charge in [-0.3, -0.25) is 0 Å². The van der Waals surface area contributed by atoms with Crippen molar-refractivity contribution in [3.63, 3.8) is 0 Å². The van der Waals surface area contributed by atoms with Crippen LogP contribution in [0.3, 0.4) is 0 Å². The average molecular weight is 390 g/mol. The molecule has 1 aromatic heterocycles. The summed E-state index contributed by atoms with van der Waals surface area (Å²) in [4.78, 5) is 0. The van der Waals surface area contributed by atoms with Crippen molar-refractivity contribution in [2.75, 3.05) is 0 Å². The predicted molar refractivity (Wildman–Crippen MR) is 130 cm³/mol. The fraction of sp³-hybridized carbons (Fsp3) is 0.500. The van der Waals surface area contributed by atoms with Gasteiger partial charge in [-0.1, -0.05) is 81.7 Å². The molecule has 0 bridgehead atoms. The van der Waals surface area contributed by atoms with Crippen LogP contribution in [0.15, 0.2) is 55.1 Å². The molecule has 0 saturated carbocycles. The van der Waals surface area contributed by atoms with Crippen LogP contribution in [0.2, 0.25) is 0 Å². The minimum absolute atomic E-state index is 1.03. The van der Waals surface area contributed by atoms with Crippen molar-refractivity contribution in [2.24, 2.45) is 0 Å². The Labute approximate surface area is 177 Å². The average Bonchev–Trinajstić information content (AvgIpc) is 3.07. The van der Waals surface area contributed by atoms with E-state index in [1.54, 1.807) is 0 Å². The standard InChI is InChI=1S/C28H39N/c1-3-5-6-7-8-9-10-11-12-13-14-15-18-24-21-22-28-26(23-24)25-19-16-17-20-27(25)29(28)4-2/h3,16-17,19-23H,1,4-15,18H2,2H3. The molecule has 2 aromatic carbocycles. The maximum Gasteiger partial charge on any atom is 0.0491 e. The van der Waals surface area contributed by atoms with E-state index in [1.807, 2.05) is 6.08 Å². The third kappa shape index (κ3) is 5.98. The van der Waals surface area contributed by atoms with E-state index >= 15 is 0 Å². The third-order valence-electron chi connectivity index (χ3n) is 6.28. The van der Waals surface area contributed by atoms with Crippen LogP contribution >= 0.6 is 0 Å². The molecule has 0 aliphatic rings. The van der Waals surface area contributed by atoms with E-state index in [0.29, 0.717) is 0 Å². The Balaban J connectivity index is 1.38. The second kappa shape index (κ2) is 11.9. The van der Waals surface area contributed by atoms with Crippen LogP contribution in [0, 0.1) is 0 Å². The summed E-state index contributed by atoms with van der Waals surface area (Å²) in [7, 11) is 0. The minimum Gasteiger partial charge on any atom is -0.341 e. The number of unbranched alkanes of at least 4 members (excludes halogenated alkanes) is 10. The normalized spacial score (nSPS) is 11.5.